The molecule has 1 N–H and O–H groups in total. The summed E-state index contributed by atoms with van der Waals surface area (Å²) in [6.45, 7) is 0.0726. The number of amides is 1. The van der Waals surface area contributed by atoms with Gasteiger partial charge in [-0.05, 0) is 30.3 Å². The maximum absolute atomic E-state index is 12.1. The molecule has 4 rings (SSSR count). The molecule has 142 valence electrons. The van der Waals surface area contributed by atoms with E-state index in [1.54, 1.807) is 35.9 Å². The standard InChI is InChI=1S/C18H18N8O2/c1-24-19-10-17(23-24)21-18(27)12-25-8-7-16(22-25)13-9-20-26(11-13)14-3-5-15(28-2)6-4-14/h3-11H,12H2,1-2H3,(H,21,23,27). The van der Waals surface area contributed by atoms with E-state index >= 15 is 0 Å². The molecule has 0 radical (unpaired) electrons. The van der Waals surface area contributed by atoms with Crippen molar-refractivity contribution >= 4 is 11.7 Å². The van der Waals surface area contributed by atoms with Gasteiger partial charge in [0, 0.05) is 25.0 Å². The minimum atomic E-state index is -0.232. The van der Waals surface area contributed by atoms with Crippen molar-refractivity contribution in [2.45, 2.75) is 6.54 Å². The predicted octanol–water partition coefficient (Wildman–Crippen LogP) is 1.51. The molecule has 1 aromatic carbocycles. The van der Waals surface area contributed by atoms with Gasteiger partial charge in [-0.15, -0.1) is 5.10 Å². The highest BCUT2D eigenvalue weighted by atomic mass is 16.5. The molecule has 0 saturated carbocycles. The largest absolute Gasteiger partial charge is 0.497 e. The maximum atomic E-state index is 12.1. The van der Waals surface area contributed by atoms with Gasteiger partial charge < -0.3 is 10.1 Å². The molecule has 0 aliphatic heterocycles. The summed E-state index contributed by atoms with van der Waals surface area (Å²) in [6.07, 6.45) is 6.85. The second-order valence-electron chi connectivity index (χ2n) is 6.04. The minimum absolute atomic E-state index is 0.0726. The van der Waals surface area contributed by atoms with Gasteiger partial charge in [-0.25, -0.2) is 4.68 Å². The lowest BCUT2D eigenvalue weighted by Crippen LogP contribution is -2.19. The molecule has 10 heteroatoms. The molecule has 0 aliphatic rings. The fourth-order valence-corrected chi connectivity index (χ4v) is 2.67. The van der Waals surface area contributed by atoms with E-state index in [2.05, 4.69) is 25.7 Å². The average Bonchev–Trinajstić information content (AvgIpc) is 3.43. The molecular weight excluding hydrogens is 360 g/mol. The minimum Gasteiger partial charge on any atom is -0.497 e. The molecule has 0 unspecified atom stereocenters. The van der Waals surface area contributed by atoms with Crippen molar-refractivity contribution in [3.8, 4) is 22.7 Å². The zero-order chi connectivity index (χ0) is 19.5. The molecule has 0 atom stereocenters. The Bertz CT molecular complexity index is 1090. The number of carbonyl (C=O) groups excluding carboxylic acids is 1. The predicted molar refractivity (Wildman–Crippen MR) is 101 cm³/mol. The van der Waals surface area contributed by atoms with Gasteiger partial charge in [0.05, 0.1) is 30.9 Å². The fourth-order valence-electron chi connectivity index (χ4n) is 2.67. The number of ether oxygens (including phenoxy) is 1. The summed E-state index contributed by atoms with van der Waals surface area (Å²) in [5, 5.41) is 19.4. The summed E-state index contributed by atoms with van der Waals surface area (Å²) in [5.41, 5.74) is 2.49. The lowest BCUT2D eigenvalue weighted by atomic mass is 10.2. The Morgan fingerprint density at radius 3 is 2.64 bits per heavy atom. The Hall–Kier alpha value is -3.95. The maximum Gasteiger partial charge on any atom is 0.247 e. The van der Waals surface area contributed by atoms with Crippen LogP contribution in [0, 0.1) is 0 Å². The first-order chi connectivity index (χ1) is 13.6. The van der Waals surface area contributed by atoms with Gasteiger partial charge in [-0.3, -0.25) is 9.48 Å². The lowest BCUT2D eigenvalue weighted by molar-refractivity contribution is -0.116. The Kier molecular flexibility index (Phi) is 4.58. The van der Waals surface area contributed by atoms with Crippen molar-refractivity contribution in [2.24, 2.45) is 7.05 Å². The van der Waals surface area contributed by atoms with E-state index in [0.717, 1.165) is 22.7 Å². The topological polar surface area (TPSA) is 105 Å². The second-order valence-corrected chi connectivity index (χ2v) is 6.04. The molecule has 3 heterocycles. The van der Waals surface area contributed by atoms with E-state index in [-0.39, 0.29) is 12.5 Å². The van der Waals surface area contributed by atoms with Crippen LogP contribution in [0.15, 0.2) is 55.1 Å². The molecule has 0 spiro atoms. The Morgan fingerprint density at radius 1 is 1.11 bits per heavy atom. The Morgan fingerprint density at radius 2 is 1.93 bits per heavy atom. The van der Waals surface area contributed by atoms with Crippen LogP contribution in [0.5, 0.6) is 5.75 Å². The molecule has 0 aliphatic carbocycles. The zero-order valence-corrected chi connectivity index (χ0v) is 15.4. The highest BCUT2D eigenvalue weighted by Crippen LogP contribution is 2.19. The zero-order valence-electron chi connectivity index (χ0n) is 15.4. The van der Waals surface area contributed by atoms with Crippen molar-refractivity contribution in [1.82, 2.24) is 34.6 Å². The SMILES string of the molecule is COc1ccc(-n2cc(-c3ccn(CC(=O)Nc4cnn(C)n4)n3)cn2)cc1. The first-order valence-electron chi connectivity index (χ1n) is 8.50. The number of anilines is 1. The third kappa shape index (κ3) is 3.75. The highest BCUT2D eigenvalue weighted by Gasteiger charge is 2.10. The third-order valence-corrected chi connectivity index (χ3v) is 4.03. The van der Waals surface area contributed by atoms with Crippen LogP contribution in [0.4, 0.5) is 5.82 Å². The van der Waals surface area contributed by atoms with Crippen LogP contribution in [0.1, 0.15) is 0 Å². The van der Waals surface area contributed by atoms with Gasteiger partial charge >= 0.3 is 0 Å². The van der Waals surface area contributed by atoms with E-state index in [0.29, 0.717) is 5.82 Å². The van der Waals surface area contributed by atoms with Crippen molar-refractivity contribution in [1.29, 1.82) is 0 Å². The highest BCUT2D eigenvalue weighted by molar-refractivity contribution is 5.89. The molecule has 28 heavy (non-hydrogen) atoms. The van der Waals surface area contributed by atoms with Gasteiger partial charge in [0.25, 0.3) is 0 Å². The first-order valence-corrected chi connectivity index (χ1v) is 8.50. The molecule has 0 fully saturated rings. The van der Waals surface area contributed by atoms with E-state index in [1.807, 2.05) is 36.5 Å². The lowest BCUT2D eigenvalue weighted by Gasteiger charge is -2.03. The van der Waals surface area contributed by atoms with E-state index in [9.17, 15) is 4.79 Å². The first kappa shape index (κ1) is 17.5. The molecule has 4 aromatic rings. The quantitative estimate of drug-likeness (QED) is 0.545. The number of methoxy groups -OCH3 is 1. The van der Waals surface area contributed by atoms with Crippen LogP contribution < -0.4 is 10.1 Å². The van der Waals surface area contributed by atoms with Crippen molar-refractivity contribution in [3.05, 3.63) is 55.1 Å². The van der Waals surface area contributed by atoms with E-state index < -0.39 is 0 Å². The van der Waals surface area contributed by atoms with Crippen molar-refractivity contribution in [2.75, 3.05) is 12.4 Å². The molecule has 3 aromatic heterocycles. The van der Waals surface area contributed by atoms with Crippen LogP contribution in [-0.4, -0.2) is 47.6 Å². The second kappa shape index (κ2) is 7.35. The number of hydrogen-bond acceptors (Lipinski definition) is 6. The number of aromatic nitrogens is 7. The van der Waals surface area contributed by atoms with Crippen molar-refractivity contribution in [3.63, 3.8) is 0 Å². The van der Waals surface area contributed by atoms with Crippen LogP contribution >= 0.6 is 0 Å². The monoisotopic (exact) mass is 378 g/mol. The van der Waals surface area contributed by atoms with Crippen LogP contribution in [0.3, 0.4) is 0 Å². The number of rotatable bonds is 6. The smallest absolute Gasteiger partial charge is 0.247 e. The number of benzene rings is 1. The van der Waals surface area contributed by atoms with Gasteiger partial charge in [0.1, 0.15) is 12.3 Å². The summed E-state index contributed by atoms with van der Waals surface area (Å²) in [7, 11) is 3.31. The van der Waals surface area contributed by atoms with Gasteiger partial charge in [0.2, 0.25) is 5.91 Å². The fraction of sp³-hybridized carbons (Fsp3) is 0.167. The van der Waals surface area contributed by atoms with E-state index in [1.165, 1.54) is 11.0 Å². The van der Waals surface area contributed by atoms with Gasteiger partial charge in [-0.1, -0.05) is 0 Å². The van der Waals surface area contributed by atoms with Crippen LogP contribution in [-0.2, 0) is 18.4 Å². The molecule has 1 amide bonds. The number of hydrogen-bond donors (Lipinski definition) is 1. The van der Waals surface area contributed by atoms with Gasteiger partial charge in [0.15, 0.2) is 5.82 Å². The molecule has 0 saturated heterocycles. The summed E-state index contributed by atoms with van der Waals surface area (Å²) < 4.78 is 8.49. The summed E-state index contributed by atoms with van der Waals surface area (Å²) in [5.74, 6) is 0.958. The number of aryl methyl sites for hydroxylation is 1. The third-order valence-electron chi connectivity index (χ3n) is 4.03. The number of nitrogens with zero attached hydrogens (tertiary/aromatic N) is 7. The van der Waals surface area contributed by atoms with Crippen LogP contribution in [0.2, 0.25) is 0 Å². The number of nitrogens with one attached hydrogen (secondary N) is 1. The summed E-state index contributed by atoms with van der Waals surface area (Å²) in [4.78, 5) is 13.5. The summed E-state index contributed by atoms with van der Waals surface area (Å²) in [6, 6.07) is 9.43. The normalized spacial score (nSPS) is 10.8. The number of carbonyl (C=O) groups is 1. The molecule has 0 bridgehead atoms. The van der Waals surface area contributed by atoms with Gasteiger partial charge in [-0.2, -0.15) is 20.1 Å². The van der Waals surface area contributed by atoms with Crippen molar-refractivity contribution < 1.29 is 9.53 Å². The summed E-state index contributed by atoms with van der Waals surface area (Å²) >= 11 is 0. The molecule has 10 nitrogen and oxygen atoms in total. The van der Waals surface area contributed by atoms with E-state index in [4.69, 9.17) is 4.74 Å². The Labute approximate surface area is 160 Å². The average molecular weight is 378 g/mol. The molecular formula is C18H18N8O2. The van der Waals surface area contributed by atoms with Crippen LogP contribution in [0.25, 0.3) is 16.9 Å². The Balaban J connectivity index is 1.44.